The van der Waals surface area contributed by atoms with Crippen LogP contribution >= 0.6 is 0 Å². The number of benzene rings is 1. The first-order chi connectivity index (χ1) is 14.0. The minimum atomic E-state index is -0.691. The van der Waals surface area contributed by atoms with Crippen molar-refractivity contribution in [3.05, 3.63) is 65.4 Å². The van der Waals surface area contributed by atoms with Gasteiger partial charge in [0.25, 0.3) is 0 Å². The van der Waals surface area contributed by atoms with Gasteiger partial charge < -0.3 is 10.1 Å². The summed E-state index contributed by atoms with van der Waals surface area (Å²) in [6, 6.07) is 5.66. The number of aryl methyl sites for hydroxylation is 2. The Morgan fingerprint density at radius 2 is 2.00 bits per heavy atom. The van der Waals surface area contributed by atoms with Gasteiger partial charge in [0, 0.05) is 36.0 Å². The fourth-order valence-corrected chi connectivity index (χ4v) is 3.22. The SMILES string of the molecule is COc1cc(F)cc(F)c1CNc1ccc(-c2ncc(C)nc2C)c2nncn12. The van der Waals surface area contributed by atoms with Crippen LogP contribution in [0.1, 0.15) is 17.0 Å². The second-order valence-corrected chi connectivity index (χ2v) is 6.52. The van der Waals surface area contributed by atoms with Crippen molar-refractivity contribution in [2.45, 2.75) is 20.4 Å². The van der Waals surface area contributed by atoms with E-state index in [1.807, 2.05) is 26.0 Å². The van der Waals surface area contributed by atoms with E-state index in [2.05, 4.69) is 25.5 Å². The van der Waals surface area contributed by atoms with Crippen LogP contribution in [-0.4, -0.2) is 31.7 Å². The molecule has 4 aromatic rings. The molecule has 0 unspecified atom stereocenters. The monoisotopic (exact) mass is 396 g/mol. The van der Waals surface area contributed by atoms with Crippen LogP contribution in [0.2, 0.25) is 0 Å². The number of hydrogen-bond acceptors (Lipinski definition) is 6. The molecule has 0 amide bonds. The molecule has 1 aromatic carbocycles. The normalized spacial score (nSPS) is 11.1. The predicted molar refractivity (Wildman–Crippen MR) is 104 cm³/mol. The van der Waals surface area contributed by atoms with Crippen LogP contribution in [0.25, 0.3) is 16.9 Å². The van der Waals surface area contributed by atoms with E-state index in [4.69, 9.17) is 4.74 Å². The summed E-state index contributed by atoms with van der Waals surface area (Å²) in [7, 11) is 1.37. The molecule has 0 radical (unpaired) electrons. The molecule has 0 bridgehead atoms. The van der Waals surface area contributed by atoms with Crippen molar-refractivity contribution in [1.29, 1.82) is 0 Å². The maximum absolute atomic E-state index is 14.2. The number of methoxy groups -OCH3 is 1. The average Bonchev–Trinajstić information content (AvgIpc) is 3.17. The Labute approximate surface area is 165 Å². The molecule has 9 heteroatoms. The van der Waals surface area contributed by atoms with Crippen molar-refractivity contribution >= 4 is 11.5 Å². The summed E-state index contributed by atoms with van der Waals surface area (Å²) in [6.45, 7) is 3.86. The molecule has 0 saturated heterocycles. The topological polar surface area (TPSA) is 77.2 Å². The first-order valence-electron chi connectivity index (χ1n) is 8.87. The standard InChI is InChI=1S/C20H18F2N6O/c1-11-8-24-19(12(2)26-11)14-4-5-18(28-10-25-27-20(14)28)23-9-15-16(22)6-13(21)7-17(15)29-3/h4-8,10,23H,9H2,1-3H3. The van der Waals surface area contributed by atoms with Crippen molar-refractivity contribution in [2.24, 2.45) is 0 Å². The summed E-state index contributed by atoms with van der Waals surface area (Å²) >= 11 is 0. The van der Waals surface area contributed by atoms with Crippen LogP contribution in [0.5, 0.6) is 5.75 Å². The van der Waals surface area contributed by atoms with Crippen molar-refractivity contribution in [3.8, 4) is 17.0 Å². The summed E-state index contributed by atoms with van der Waals surface area (Å²) in [5.74, 6) is -0.603. The Morgan fingerprint density at radius 3 is 2.76 bits per heavy atom. The van der Waals surface area contributed by atoms with E-state index in [-0.39, 0.29) is 17.9 Å². The number of rotatable bonds is 5. The van der Waals surface area contributed by atoms with E-state index in [9.17, 15) is 8.78 Å². The van der Waals surface area contributed by atoms with Gasteiger partial charge >= 0.3 is 0 Å². The third kappa shape index (κ3) is 3.46. The highest BCUT2D eigenvalue weighted by Gasteiger charge is 2.16. The maximum atomic E-state index is 14.2. The molecule has 0 atom stereocenters. The summed E-state index contributed by atoms with van der Waals surface area (Å²) in [6.07, 6.45) is 3.25. The molecule has 148 valence electrons. The zero-order chi connectivity index (χ0) is 20.5. The fraction of sp³-hybridized carbons (Fsp3) is 0.200. The largest absolute Gasteiger partial charge is 0.496 e. The van der Waals surface area contributed by atoms with Crippen LogP contribution in [-0.2, 0) is 6.54 Å². The quantitative estimate of drug-likeness (QED) is 0.554. The summed E-state index contributed by atoms with van der Waals surface area (Å²) in [4.78, 5) is 8.93. The van der Waals surface area contributed by atoms with Gasteiger partial charge in [-0.15, -0.1) is 10.2 Å². The molecular weight excluding hydrogens is 378 g/mol. The zero-order valence-corrected chi connectivity index (χ0v) is 16.1. The van der Waals surface area contributed by atoms with Crippen LogP contribution < -0.4 is 10.1 Å². The summed E-state index contributed by atoms with van der Waals surface area (Å²) in [5, 5.41) is 11.3. The number of anilines is 1. The van der Waals surface area contributed by atoms with Crippen molar-refractivity contribution in [2.75, 3.05) is 12.4 Å². The fourth-order valence-electron chi connectivity index (χ4n) is 3.22. The molecule has 0 saturated carbocycles. The van der Waals surface area contributed by atoms with Crippen molar-refractivity contribution < 1.29 is 13.5 Å². The van der Waals surface area contributed by atoms with E-state index in [0.717, 1.165) is 29.1 Å². The van der Waals surface area contributed by atoms with E-state index < -0.39 is 11.6 Å². The molecule has 0 aliphatic rings. The molecule has 0 spiro atoms. The highest BCUT2D eigenvalue weighted by atomic mass is 19.1. The number of nitrogens with one attached hydrogen (secondary N) is 1. The second kappa shape index (κ2) is 7.42. The Hall–Kier alpha value is -3.62. The summed E-state index contributed by atoms with van der Waals surface area (Å²) < 4.78 is 34.5. The Bertz CT molecular complexity index is 1210. The van der Waals surface area contributed by atoms with Crippen molar-refractivity contribution in [1.82, 2.24) is 24.6 Å². The van der Waals surface area contributed by atoms with Gasteiger partial charge in [-0.05, 0) is 26.0 Å². The Kier molecular flexibility index (Phi) is 4.79. The van der Waals surface area contributed by atoms with Gasteiger partial charge in [-0.25, -0.2) is 8.78 Å². The molecule has 7 nitrogen and oxygen atoms in total. The summed E-state index contributed by atoms with van der Waals surface area (Å²) in [5.41, 5.74) is 3.92. The van der Waals surface area contributed by atoms with Gasteiger partial charge in [0.05, 0.1) is 24.2 Å². The lowest BCUT2D eigenvalue weighted by Gasteiger charge is -2.14. The molecule has 0 aliphatic carbocycles. The van der Waals surface area contributed by atoms with E-state index in [1.165, 1.54) is 7.11 Å². The van der Waals surface area contributed by atoms with Crippen LogP contribution in [0, 0.1) is 25.5 Å². The zero-order valence-electron chi connectivity index (χ0n) is 16.1. The Morgan fingerprint density at radius 1 is 1.17 bits per heavy atom. The van der Waals surface area contributed by atoms with Crippen LogP contribution in [0.15, 0.2) is 36.8 Å². The molecule has 29 heavy (non-hydrogen) atoms. The number of fused-ring (bicyclic) bond motifs is 1. The first-order valence-corrected chi connectivity index (χ1v) is 8.87. The molecule has 3 aromatic heterocycles. The number of ether oxygens (including phenoxy) is 1. The molecular formula is C20H18F2N6O. The molecule has 4 rings (SSSR count). The number of nitrogens with zero attached hydrogens (tertiary/aromatic N) is 5. The number of pyridine rings is 1. The highest BCUT2D eigenvalue weighted by molar-refractivity contribution is 5.78. The van der Waals surface area contributed by atoms with Gasteiger partial charge in [-0.3, -0.25) is 14.4 Å². The Balaban J connectivity index is 1.70. The second-order valence-electron chi connectivity index (χ2n) is 6.52. The third-order valence-electron chi connectivity index (χ3n) is 4.56. The van der Waals surface area contributed by atoms with E-state index in [0.29, 0.717) is 17.2 Å². The van der Waals surface area contributed by atoms with Gasteiger partial charge in [0.1, 0.15) is 29.5 Å². The van der Waals surface area contributed by atoms with Gasteiger partial charge in [-0.2, -0.15) is 0 Å². The maximum Gasteiger partial charge on any atom is 0.171 e. The van der Waals surface area contributed by atoms with Crippen molar-refractivity contribution in [3.63, 3.8) is 0 Å². The lowest BCUT2D eigenvalue weighted by atomic mass is 10.1. The lowest BCUT2D eigenvalue weighted by molar-refractivity contribution is 0.400. The van der Waals surface area contributed by atoms with E-state index in [1.54, 1.807) is 16.9 Å². The molecule has 1 N–H and O–H groups in total. The number of halogens is 2. The van der Waals surface area contributed by atoms with Gasteiger partial charge in [-0.1, -0.05) is 0 Å². The highest BCUT2D eigenvalue weighted by Crippen LogP contribution is 2.28. The number of aromatic nitrogens is 5. The number of hydrogen-bond donors (Lipinski definition) is 1. The van der Waals surface area contributed by atoms with Gasteiger partial charge in [0.15, 0.2) is 5.65 Å². The molecule has 0 aliphatic heterocycles. The lowest BCUT2D eigenvalue weighted by Crippen LogP contribution is -2.08. The predicted octanol–water partition coefficient (Wildman–Crippen LogP) is 3.70. The molecule has 0 fully saturated rings. The van der Waals surface area contributed by atoms with E-state index >= 15 is 0 Å². The van der Waals surface area contributed by atoms with Crippen LogP contribution in [0.3, 0.4) is 0 Å². The smallest absolute Gasteiger partial charge is 0.171 e. The minimum Gasteiger partial charge on any atom is -0.496 e. The van der Waals surface area contributed by atoms with Crippen LogP contribution in [0.4, 0.5) is 14.6 Å². The minimum absolute atomic E-state index is 0.0886. The third-order valence-corrected chi connectivity index (χ3v) is 4.56. The first kappa shape index (κ1) is 18.7. The van der Waals surface area contributed by atoms with Gasteiger partial charge in [0.2, 0.25) is 0 Å². The average molecular weight is 396 g/mol. The molecule has 3 heterocycles.